The molecule has 0 saturated heterocycles. The van der Waals surface area contributed by atoms with E-state index in [1.54, 1.807) is 19.1 Å². The molecule has 0 saturated carbocycles. The maximum atomic E-state index is 12.6. The lowest BCUT2D eigenvalue weighted by Gasteiger charge is -2.25. The van der Waals surface area contributed by atoms with E-state index in [4.69, 9.17) is 0 Å². The molecule has 0 atom stereocenters. The van der Waals surface area contributed by atoms with Crippen LogP contribution in [-0.2, 0) is 0 Å². The van der Waals surface area contributed by atoms with Crippen molar-refractivity contribution in [2.24, 2.45) is 0 Å². The lowest BCUT2D eigenvalue weighted by Crippen LogP contribution is -2.35. The standard InChI is InChI=1S/C21H24N6O3/c1-4-25(19-11-6-5-8-15(19)2)13-12-22-21(28)20-16(3)26(24-23-20)17-9-7-10-18(14-17)27(29)30/h5-11,14H,4,12-13H2,1-3H3,(H,22,28). The van der Waals surface area contributed by atoms with Gasteiger partial charge in [0, 0.05) is 37.5 Å². The summed E-state index contributed by atoms with van der Waals surface area (Å²) in [5.41, 5.74) is 3.46. The van der Waals surface area contributed by atoms with Crippen molar-refractivity contribution in [3.63, 3.8) is 0 Å². The molecule has 0 radical (unpaired) electrons. The van der Waals surface area contributed by atoms with E-state index >= 15 is 0 Å². The van der Waals surface area contributed by atoms with Gasteiger partial charge in [-0.25, -0.2) is 4.68 Å². The van der Waals surface area contributed by atoms with E-state index in [-0.39, 0.29) is 17.3 Å². The maximum absolute atomic E-state index is 12.6. The zero-order chi connectivity index (χ0) is 21.7. The number of nitrogens with zero attached hydrogens (tertiary/aromatic N) is 5. The van der Waals surface area contributed by atoms with Crippen molar-refractivity contribution in [1.29, 1.82) is 0 Å². The summed E-state index contributed by atoms with van der Waals surface area (Å²) in [6.45, 7) is 7.77. The van der Waals surface area contributed by atoms with Crippen molar-refractivity contribution >= 4 is 17.3 Å². The van der Waals surface area contributed by atoms with Gasteiger partial charge in [0.1, 0.15) is 0 Å². The van der Waals surface area contributed by atoms with Gasteiger partial charge in [0.25, 0.3) is 11.6 Å². The fourth-order valence-corrected chi connectivity index (χ4v) is 3.28. The third kappa shape index (κ3) is 4.45. The predicted octanol–water partition coefficient (Wildman–Crippen LogP) is 3.05. The monoisotopic (exact) mass is 408 g/mol. The third-order valence-corrected chi connectivity index (χ3v) is 4.90. The van der Waals surface area contributed by atoms with Crippen LogP contribution in [-0.4, -0.2) is 45.5 Å². The Kier molecular flexibility index (Phi) is 6.41. The van der Waals surface area contributed by atoms with Crippen LogP contribution >= 0.6 is 0 Å². The molecular formula is C21H24N6O3. The molecule has 0 spiro atoms. The SMILES string of the molecule is CCN(CCNC(=O)c1nnn(-c2cccc([N+](=O)[O-])c2)c1C)c1ccccc1C. The van der Waals surface area contributed by atoms with Crippen LogP contribution in [0, 0.1) is 24.0 Å². The molecule has 0 unspecified atom stereocenters. The van der Waals surface area contributed by atoms with Gasteiger partial charge in [-0.2, -0.15) is 0 Å². The van der Waals surface area contributed by atoms with Gasteiger partial charge in [-0.15, -0.1) is 5.10 Å². The highest BCUT2D eigenvalue weighted by atomic mass is 16.6. The smallest absolute Gasteiger partial charge is 0.273 e. The molecule has 9 nitrogen and oxygen atoms in total. The number of aryl methyl sites for hydroxylation is 1. The molecule has 156 valence electrons. The molecule has 1 aromatic heterocycles. The summed E-state index contributed by atoms with van der Waals surface area (Å²) in [7, 11) is 0. The number of likely N-dealkylation sites (N-methyl/N-ethyl adjacent to an activating group) is 1. The Morgan fingerprint density at radius 1 is 1.20 bits per heavy atom. The number of nitro benzene ring substituents is 1. The molecule has 0 aliphatic heterocycles. The van der Waals surface area contributed by atoms with Crippen LogP contribution in [0.4, 0.5) is 11.4 Å². The Morgan fingerprint density at radius 3 is 2.67 bits per heavy atom. The molecule has 0 bridgehead atoms. The number of aromatic nitrogens is 3. The molecule has 2 aromatic carbocycles. The van der Waals surface area contributed by atoms with Gasteiger partial charge in [-0.3, -0.25) is 14.9 Å². The molecule has 1 N–H and O–H groups in total. The highest BCUT2D eigenvalue weighted by Gasteiger charge is 2.18. The van der Waals surface area contributed by atoms with Gasteiger partial charge < -0.3 is 10.2 Å². The second-order valence-corrected chi connectivity index (χ2v) is 6.83. The number of para-hydroxylation sites is 1. The van der Waals surface area contributed by atoms with Gasteiger partial charge in [-0.1, -0.05) is 29.5 Å². The second-order valence-electron chi connectivity index (χ2n) is 6.83. The number of amides is 1. The average Bonchev–Trinajstić information content (AvgIpc) is 3.13. The van der Waals surface area contributed by atoms with E-state index < -0.39 is 4.92 Å². The normalized spacial score (nSPS) is 10.6. The fourth-order valence-electron chi connectivity index (χ4n) is 3.28. The van der Waals surface area contributed by atoms with Gasteiger partial charge in [-0.05, 0) is 38.5 Å². The van der Waals surface area contributed by atoms with Crippen LogP contribution in [0.1, 0.15) is 28.7 Å². The van der Waals surface area contributed by atoms with Crippen molar-refractivity contribution < 1.29 is 9.72 Å². The van der Waals surface area contributed by atoms with E-state index in [0.29, 0.717) is 24.5 Å². The van der Waals surface area contributed by atoms with E-state index in [0.717, 1.165) is 12.2 Å². The summed E-state index contributed by atoms with van der Waals surface area (Å²) >= 11 is 0. The quantitative estimate of drug-likeness (QED) is 0.454. The molecule has 3 aromatic rings. The Hall–Kier alpha value is -3.75. The van der Waals surface area contributed by atoms with Crippen molar-refractivity contribution in [2.75, 3.05) is 24.5 Å². The molecule has 1 amide bonds. The highest BCUT2D eigenvalue weighted by molar-refractivity contribution is 5.93. The zero-order valence-electron chi connectivity index (χ0n) is 17.2. The number of carbonyl (C=O) groups is 1. The first-order valence-electron chi connectivity index (χ1n) is 9.68. The lowest BCUT2D eigenvalue weighted by atomic mass is 10.2. The molecule has 0 fully saturated rings. The molecule has 30 heavy (non-hydrogen) atoms. The van der Waals surface area contributed by atoms with E-state index in [2.05, 4.69) is 46.5 Å². The number of non-ortho nitro benzene ring substituents is 1. The number of carbonyl (C=O) groups excluding carboxylic acids is 1. The minimum atomic E-state index is -0.475. The maximum Gasteiger partial charge on any atom is 0.273 e. The summed E-state index contributed by atoms with van der Waals surface area (Å²) in [5, 5.41) is 21.9. The number of anilines is 1. The Bertz CT molecular complexity index is 1060. The first-order valence-corrected chi connectivity index (χ1v) is 9.68. The zero-order valence-corrected chi connectivity index (χ0v) is 17.2. The van der Waals surface area contributed by atoms with Crippen molar-refractivity contribution in [3.8, 4) is 5.69 Å². The fraction of sp³-hybridized carbons (Fsp3) is 0.286. The number of rotatable bonds is 8. The minimum Gasteiger partial charge on any atom is -0.370 e. The van der Waals surface area contributed by atoms with E-state index in [1.807, 2.05) is 12.1 Å². The minimum absolute atomic E-state index is 0.0516. The summed E-state index contributed by atoms with van der Waals surface area (Å²) in [5.74, 6) is -0.329. The number of nitrogens with one attached hydrogen (secondary N) is 1. The molecule has 1 heterocycles. The summed E-state index contributed by atoms with van der Waals surface area (Å²) in [6.07, 6.45) is 0. The van der Waals surface area contributed by atoms with Crippen LogP contribution in [0.5, 0.6) is 0 Å². The number of nitro groups is 1. The van der Waals surface area contributed by atoms with Gasteiger partial charge >= 0.3 is 0 Å². The summed E-state index contributed by atoms with van der Waals surface area (Å²) < 4.78 is 1.42. The number of hydrogen-bond donors (Lipinski definition) is 1. The topological polar surface area (TPSA) is 106 Å². The largest absolute Gasteiger partial charge is 0.370 e. The van der Waals surface area contributed by atoms with Crippen LogP contribution in [0.15, 0.2) is 48.5 Å². The molecule has 0 aliphatic rings. The number of benzene rings is 2. The first-order chi connectivity index (χ1) is 14.4. The predicted molar refractivity (Wildman–Crippen MR) is 114 cm³/mol. The Balaban J connectivity index is 1.67. The summed E-state index contributed by atoms with van der Waals surface area (Å²) in [6, 6.07) is 14.2. The molecular weight excluding hydrogens is 384 g/mol. The molecule has 0 aliphatic carbocycles. The molecule has 3 rings (SSSR count). The van der Waals surface area contributed by atoms with Crippen LogP contribution < -0.4 is 10.2 Å². The van der Waals surface area contributed by atoms with E-state index in [9.17, 15) is 14.9 Å². The van der Waals surface area contributed by atoms with Crippen LogP contribution in [0.2, 0.25) is 0 Å². The Morgan fingerprint density at radius 2 is 1.97 bits per heavy atom. The van der Waals surface area contributed by atoms with Crippen LogP contribution in [0.3, 0.4) is 0 Å². The van der Waals surface area contributed by atoms with Gasteiger partial charge in [0.05, 0.1) is 16.3 Å². The first kappa shape index (κ1) is 21.0. The summed E-state index contributed by atoms with van der Waals surface area (Å²) in [4.78, 5) is 25.3. The van der Waals surface area contributed by atoms with Gasteiger partial charge in [0.2, 0.25) is 0 Å². The van der Waals surface area contributed by atoms with Gasteiger partial charge in [0.15, 0.2) is 5.69 Å². The average molecular weight is 408 g/mol. The van der Waals surface area contributed by atoms with Crippen LogP contribution in [0.25, 0.3) is 5.69 Å². The second kappa shape index (κ2) is 9.17. The molecule has 9 heteroatoms. The van der Waals surface area contributed by atoms with Crippen molar-refractivity contribution in [1.82, 2.24) is 20.3 Å². The Labute approximate surface area is 174 Å². The van der Waals surface area contributed by atoms with Crippen molar-refractivity contribution in [2.45, 2.75) is 20.8 Å². The third-order valence-electron chi connectivity index (χ3n) is 4.90. The highest BCUT2D eigenvalue weighted by Crippen LogP contribution is 2.19. The number of hydrogen-bond acceptors (Lipinski definition) is 6. The van der Waals surface area contributed by atoms with Crippen molar-refractivity contribution in [3.05, 3.63) is 75.6 Å². The van der Waals surface area contributed by atoms with E-state index in [1.165, 1.54) is 22.4 Å². The lowest BCUT2D eigenvalue weighted by molar-refractivity contribution is -0.384.